The topological polar surface area (TPSA) is 96.0 Å². The summed E-state index contributed by atoms with van der Waals surface area (Å²) in [5.41, 5.74) is 0. The van der Waals surface area contributed by atoms with Gasteiger partial charge >= 0.3 is 26.4 Å². The highest BCUT2D eigenvalue weighted by Crippen LogP contribution is 2.28. The molecule has 23 heavy (non-hydrogen) atoms. The average molecular weight is 344 g/mol. The standard InChI is InChI=1S/2C6H9O3.C3H7O.Al/c2*1-3-9-6(8)4-5(2)7;1-3(2)4;/h2*4H,3H2,1-2H3;3H,1-2H3;/q;;-1;+1. The Balaban J connectivity index is 5.82. The first-order valence-corrected chi connectivity index (χ1v) is 9.47. The lowest BCUT2D eigenvalue weighted by atomic mass is 10.3. The van der Waals surface area contributed by atoms with Crippen LogP contribution in [-0.2, 0) is 32.4 Å². The first kappa shape index (κ1) is 21.8. The molecule has 0 aliphatic heterocycles. The molecule has 2 unspecified atom stereocenters. The maximum atomic E-state index is 12.2. The number of hydrogen-bond donors (Lipinski definition) is 0. The zero-order chi connectivity index (χ0) is 18.2. The minimum atomic E-state index is -2.96. The van der Waals surface area contributed by atoms with E-state index >= 15 is 0 Å². The van der Waals surface area contributed by atoms with Gasteiger partial charge in [-0.3, -0.25) is 9.59 Å². The first-order valence-electron chi connectivity index (χ1n) is 7.66. The first-order chi connectivity index (χ1) is 10.7. The molecule has 0 aromatic heterocycles. The summed E-state index contributed by atoms with van der Waals surface area (Å²) in [5.74, 6) is -2.46. The van der Waals surface area contributed by atoms with Gasteiger partial charge in [0, 0.05) is 6.10 Å². The van der Waals surface area contributed by atoms with Gasteiger partial charge in [0.2, 0.25) is 0 Å². The molecule has 0 aromatic carbocycles. The highest BCUT2D eigenvalue weighted by molar-refractivity contribution is 6.71. The van der Waals surface area contributed by atoms with E-state index in [0.29, 0.717) is 0 Å². The minimum Gasteiger partial charge on any atom is -0.497 e. The van der Waals surface area contributed by atoms with Crippen LogP contribution in [0.5, 0.6) is 0 Å². The summed E-state index contributed by atoms with van der Waals surface area (Å²) in [4.78, 5) is 48.3. The van der Waals surface area contributed by atoms with Crippen molar-refractivity contribution in [2.24, 2.45) is 0 Å². The Hall–Kier alpha value is -1.23. The fraction of sp³-hybridized carbons (Fsp3) is 0.733. The van der Waals surface area contributed by atoms with Crippen molar-refractivity contribution in [3.05, 3.63) is 0 Å². The summed E-state index contributed by atoms with van der Waals surface area (Å²) in [6.07, 6.45) is -0.348. The summed E-state index contributed by atoms with van der Waals surface area (Å²) in [5, 5.41) is 0. The molecule has 8 heteroatoms. The Morgan fingerprint density at radius 2 is 1.17 bits per heavy atom. The van der Waals surface area contributed by atoms with Crippen LogP contribution in [0.1, 0.15) is 41.5 Å². The summed E-state index contributed by atoms with van der Waals surface area (Å²) in [6, 6.07) is 0. The van der Waals surface area contributed by atoms with Crippen molar-refractivity contribution in [1.82, 2.24) is 0 Å². The fourth-order valence-corrected chi connectivity index (χ4v) is 5.17. The average Bonchev–Trinajstić information content (AvgIpc) is 2.37. The molecule has 0 aliphatic rings. The van der Waals surface area contributed by atoms with Crippen molar-refractivity contribution in [1.29, 1.82) is 0 Å². The Morgan fingerprint density at radius 3 is 1.39 bits per heavy atom. The summed E-state index contributed by atoms with van der Waals surface area (Å²) >= 11 is -2.96. The molecular formula is C15H25AlO7. The van der Waals surface area contributed by atoms with Crippen LogP contribution in [0.25, 0.3) is 0 Å². The molecule has 0 aromatic rings. The molecule has 0 N–H and O–H groups in total. The van der Waals surface area contributed by atoms with Gasteiger partial charge in [0.1, 0.15) is 11.6 Å². The lowest BCUT2D eigenvalue weighted by Gasteiger charge is -2.26. The predicted octanol–water partition coefficient (Wildman–Crippen LogP) is 1.45. The Bertz CT molecular complexity index is 411. The van der Waals surface area contributed by atoms with E-state index in [2.05, 4.69) is 0 Å². The minimum absolute atomic E-state index is 0.0928. The summed E-state index contributed by atoms with van der Waals surface area (Å²) in [6.45, 7) is 9.30. The van der Waals surface area contributed by atoms with E-state index in [1.54, 1.807) is 27.7 Å². The molecule has 0 spiro atoms. The number of carbonyl (C=O) groups excluding carboxylic acids is 4. The molecule has 7 nitrogen and oxygen atoms in total. The van der Waals surface area contributed by atoms with Crippen molar-refractivity contribution in [2.75, 3.05) is 13.2 Å². The van der Waals surface area contributed by atoms with E-state index in [4.69, 9.17) is 13.3 Å². The van der Waals surface area contributed by atoms with Crippen LogP contribution in [0.4, 0.5) is 0 Å². The molecule has 0 saturated carbocycles. The summed E-state index contributed by atoms with van der Waals surface area (Å²) < 4.78 is 13.1. The number of Topliss-reactive ketones (excluding diaryl/α,β-unsaturated/α-hetero) is 2. The van der Waals surface area contributed by atoms with E-state index in [1.165, 1.54) is 13.8 Å². The second-order valence-electron chi connectivity index (χ2n) is 5.33. The highest BCUT2D eigenvalue weighted by Gasteiger charge is 2.53. The normalized spacial score (nSPS) is 13.2. The number of rotatable bonds is 10. The quantitative estimate of drug-likeness (QED) is 0.336. The number of carbonyl (C=O) groups is 4. The monoisotopic (exact) mass is 344 g/mol. The fourth-order valence-electron chi connectivity index (χ4n) is 2.19. The maximum Gasteiger partial charge on any atom is 0.509 e. The molecule has 0 radical (unpaired) electrons. The van der Waals surface area contributed by atoms with Gasteiger partial charge in [0.25, 0.3) is 0 Å². The Morgan fingerprint density at radius 1 is 0.826 bits per heavy atom. The van der Waals surface area contributed by atoms with Crippen LogP contribution < -0.4 is 0 Å². The Kier molecular flexibility index (Phi) is 9.97. The lowest BCUT2D eigenvalue weighted by Crippen LogP contribution is -2.46. The van der Waals surface area contributed by atoms with E-state index in [-0.39, 0.29) is 19.3 Å². The highest BCUT2D eigenvalue weighted by atomic mass is 27.2. The third kappa shape index (κ3) is 6.82. The van der Waals surface area contributed by atoms with Crippen molar-refractivity contribution in [3.63, 3.8) is 0 Å². The molecule has 0 fully saturated rings. The van der Waals surface area contributed by atoms with Crippen molar-refractivity contribution >= 4 is 38.0 Å². The van der Waals surface area contributed by atoms with Crippen LogP contribution >= 0.6 is 0 Å². The van der Waals surface area contributed by atoms with Gasteiger partial charge in [-0.05, 0) is 41.5 Å². The summed E-state index contributed by atoms with van der Waals surface area (Å²) in [7, 11) is 0. The second kappa shape index (κ2) is 10.5. The van der Waals surface area contributed by atoms with E-state index in [9.17, 15) is 19.2 Å². The molecule has 2 atom stereocenters. The van der Waals surface area contributed by atoms with Gasteiger partial charge in [-0.2, -0.15) is 0 Å². The largest absolute Gasteiger partial charge is 0.509 e. The molecule has 0 saturated heterocycles. The van der Waals surface area contributed by atoms with E-state index < -0.39 is 47.5 Å². The van der Waals surface area contributed by atoms with E-state index in [1.807, 2.05) is 0 Å². The number of esters is 2. The lowest BCUT2D eigenvalue weighted by molar-refractivity contribution is -0.146. The number of ether oxygens (including phenoxy) is 2. The molecule has 0 rings (SSSR count). The zero-order valence-corrected chi connectivity index (χ0v) is 15.7. The zero-order valence-electron chi connectivity index (χ0n) is 14.6. The van der Waals surface area contributed by atoms with Crippen molar-refractivity contribution < 1.29 is 32.4 Å². The third-order valence-corrected chi connectivity index (χ3v) is 6.70. The number of ketones is 2. The van der Waals surface area contributed by atoms with Crippen LogP contribution in [-0.4, -0.2) is 57.3 Å². The Labute approximate surface area is 141 Å². The molecular weight excluding hydrogens is 319 g/mol. The van der Waals surface area contributed by atoms with E-state index in [0.717, 1.165) is 0 Å². The third-order valence-electron chi connectivity index (χ3n) is 3.04. The van der Waals surface area contributed by atoms with Crippen LogP contribution in [0.15, 0.2) is 0 Å². The smallest absolute Gasteiger partial charge is 0.497 e. The van der Waals surface area contributed by atoms with Crippen molar-refractivity contribution in [3.8, 4) is 0 Å². The van der Waals surface area contributed by atoms with Gasteiger partial charge in [0.05, 0.1) is 22.8 Å². The molecule has 0 bridgehead atoms. The van der Waals surface area contributed by atoms with Crippen molar-refractivity contribution in [2.45, 2.75) is 57.2 Å². The van der Waals surface area contributed by atoms with Gasteiger partial charge in [0.15, 0.2) is 0 Å². The van der Waals surface area contributed by atoms with Gasteiger partial charge < -0.3 is 22.9 Å². The van der Waals surface area contributed by atoms with Crippen LogP contribution in [0.2, 0.25) is 9.56 Å². The predicted molar refractivity (Wildman–Crippen MR) is 84.1 cm³/mol. The number of hydrogen-bond acceptors (Lipinski definition) is 7. The van der Waals surface area contributed by atoms with Crippen LogP contribution in [0, 0.1) is 0 Å². The molecule has 0 heterocycles. The molecule has 0 amide bonds. The second-order valence-corrected chi connectivity index (χ2v) is 7.86. The van der Waals surface area contributed by atoms with Gasteiger partial charge in [-0.15, -0.1) is 0 Å². The van der Waals surface area contributed by atoms with Gasteiger partial charge in [-0.1, -0.05) is 0 Å². The SMILES string of the molecule is CCOC(=O)[CH](C(C)=O)[Al]([O]C(C)C)[CH](C(C)=O)C(=O)OCC. The van der Waals surface area contributed by atoms with Crippen LogP contribution in [0.3, 0.4) is 0 Å². The maximum absolute atomic E-state index is 12.2. The molecule has 130 valence electrons. The van der Waals surface area contributed by atoms with Gasteiger partial charge in [-0.25, -0.2) is 0 Å². The molecule has 0 aliphatic carbocycles.